The monoisotopic (exact) mass is 844 g/mol. The zero-order valence-electron chi connectivity index (χ0n) is 35.4. The van der Waals surface area contributed by atoms with Crippen LogP contribution in [-0.4, -0.2) is 150 Å². The van der Waals surface area contributed by atoms with E-state index in [0.717, 1.165) is 50.0 Å². The molecule has 0 amide bonds. The molecule has 18 heteroatoms. The van der Waals surface area contributed by atoms with Gasteiger partial charge in [-0.2, -0.15) is 10.4 Å². The van der Waals surface area contributed by atoms with Gasteiger partial charge in [0.2, 0.25) is 5.95 Å². The number of anilines is 2. The van der Waals surface area contributed by atoms with Crippen molar-refractivity contribution in [1.82, 2.24) is 39.4 Å². The van der Waals surface area contributed by atoms with Gasteiger partial charge in [-0.1, -0.05) is 6.07 Å². The molecular weight excluding hydrogens is 785 g/mol. The van der Waals surface area contributed by atoms with Gasteiger partial charge in [-0.25, -0.2) is 19.6 Å². The van der Waals surface area contributed by atoms with E-state index in [4.69, 9.17) is 43.0 Å². The van der Waals surface area contributed by atoms with Crippen molar-refractivity contribution >= 4 is 11.6 Å². The van der Waals surface area contributed by atoms with Gasteiger partial charge in [0, 0.05) is 56.2 Å². The highest BCUT2D eigenvalue weighted by molar-refractivity contribution is 5.67. The lowest BCUT2D eigenvalue weighted by Gasteiger charge is -2.43. The largest absolute Gasteiger partial charge is 0.487 e. The summed E-state index contributed by atoms with van der Waals surface area (Å²) in [6.07, 6.45) is 16.0. The Morgan fingerprint density at radius 2 is 1.48 bits per heavy atom. The van der Waals surface area contributed by atoms with E-state index >= 15 is 0 Å². The third-order valence-electron chi connectivity index (χ3n) is 11.2. The van der Waals surface area contributed by atoms with Gasteiger partial charge in [-0.05, 0) is 63.1 Å². The summed E-state index contributed by atoms with van der Waals surface area (Å²) in [5.74, 6) is 1.39. The van der Waals surface area contributed by atoms with Crippen LogP contribution in [0.2, 0.25) is 0 Å². The number of rotatable bonds is 26. The van der Waals surface area contributed by atoms with Crippen LogP contribution in [0.25, 0.3) is 11.1 Å². The summed E-state index contributed by atoms with van der Waals surface area (Å²) in [7, 11) is 1.65. The second-order valence-corrected chi connectivity index (χ2v) is 15.6. The molecule has 3 atom stereocenters. The number of nitrogens with one attached hydrogen (secondary N) is 1. The Morgan fingerprint density at radius 3 is 2.13 bits per heavy atom. The van der Waals surface area contributed by atoms with Gasteiger partial charge in [0.05, 0.1) is 97.0 Å². The number of nitriles is 1. The van der Waals surface area contributed by atoms with Crippen LogP contribution in [0.5, 0.6) is 11.6 Å². The summed E-state index contributed by atoms with van der Waals surface area (Å²) in [5, 5.41) is 22.2. The molecule has 0 radical (unpaired) electrons. The third-order valence-corrected chi connectivity index (χ3v) is 11.2. The molecule has 1 saturated carbocycles. The lowest BCUT2D eigenvalue weighted by atomic mass is 9.89. The second-order valence-electron chi connectivity index (χ2n) is 15.6. The van der Waals surface area contributed by atoms with E-state index in [1.54, 1.807) is 36.6 Å². The molecule has 0 unspecified atom stereocenters. The smallest absolute Gasteiger partial charge is 0.256 e. The van der Waals surface area contributed by atoms with Crippen LogP contribution in [0.3, 0.4) is 0 Å². The number of hydrogen-bond acceptors (Lipinski definition) is 16. The Morgan fingerprint density at radius 1 is 0.820 bits per heavy atom. The molecule has 2 bridgehead atoms. The van der Waals surface area contributed by atoms with Gasteiger partial charge in [0.25, 0.3) is 5.88 Å². The van der Waals surface area contributed by atoms with Crippen LogP contribution in [0.4, 0.5) is 11.6 Å². The average molecular weight is 845 g/mol. The Hall–Kier alpha value is -4.74. The number of hydrogen-bond donors (Lipinski definition) is 1. The quantitative estimate of drug-likeness (QED) is 0.0845. The summed E-state index contributed by atoms with van der Waals surface area (Å²) >= 11 is 0. The van der Waals surface area contributed by atoms with Gasteiger partial charge in [0.15, 0.2) is 0 Å². The molecule has 3 fully saturated rings. The summed E-state index contributed by atoms with van der Waals surface area (Å²) in [6.45, 7) is 9.31. The highest BCUT2D eigenvalue weighted by atomic mass is 16.6. The van der Waals surface area contributed by atoms with Crippen molar-refractivity contribution in [2.75, 3.05) is 91.7 Å². The van der Waals surface area contributed by atoms with Crippen LogP contribution in [-0.2, 0) is 35.0 Å². The fraction of sp³-hybridized carbons (Fsp3) is 0.628. The Balaban J connectivity index is 0.919. The number of ether oxygens (including phenoxy) is 8. The Bertz CT molecular complexity index is 1900. The molecule has 7 rings (SSSR count). The summed E-state index contributed by atoms with van der Waals surface area (Å²) in [6, 6.07) is 9.68. The number of aromatic nitrogens is 7. The number of benzene rings is 1. The molecule has 0 spiro atoms. The Kier molecular flexibility index (Phi) is 17.1. The number of fused-ring (bicyclic) bond motifs is 2. The van der Waals surface area contributed by atoms with E-state index < -0.39 is 0 Å². The topological polar surface area (TPSA) is 187 Å². The van der Waals surface area contributed by atoms with E-state index in [0.29, 0.717) is 126 Å². The second kappa shape index (κ2) is 23.5. The van der Waals surface area contributed by atoms with E-state index in [2.05, 4.69) is 41.0 Å². The van der Waals surface area contributed by atoms with Gasteiger partial charge < -0.3 is 43.2 Å². The maximum absolute atomic E-state index is 9.76. The minimum Gasteiger partial charge on any atom is -0.487 e. The first kappa shape index (κ1) is 44.3. The lowest BCUT2D eigenvalue weighted by molar-refractivity contribution is -0.0458. The third kappa shape index (κ3) is 12.9. The first-order chi connectivity index (χ1) is 30.1. The Labute approximate surface area is 357 Å². The fourth-order valence-electron chi connectivity index (χ4n) is 8.26. The van der Waals surface area contributed by atoms with Gasteiger partial charge in [0.1, 0.15) is 36.3 Å². The number of nitrogens with zero attached hydrogens (tertiary/aromatic N) is 9. The van der Waals surface area contributed by atoms with Crippen molar-refractivity contribution in [2.24, 2.45) is 0 Å². The SMILES string of the molecule is COCCOCCOCCOCCOCCCOc1nn(C2CCC(N3[C@@H]4CC[C@H]3COC4)CC2)cc1Nc1ncc(-c2ccc(C#N)c(O[C@@H](C)Cn3cncn3)c2)cn1. The zero-order chi connectivity index (χ0) is 42.1. The predicted molar refractivity (Wildman–Crippen MR) is 224 cm³/mol. The normalized spacial score (nSPS) is 20.7. The van der Waals surface area contributed by atoms with Gasteiger partial charge in [-0.3, -0.25) is 9.58 Å². The van der Waals surface area contributed by atoms with Gasteiger partial charge >= 0.3 is 0 Å². The molecule has 1 N–H and O–H groups in total. The van der Waals surface area contributed by atoms with Crippen LogP contribution in [0.15, 0.2) is 49.4 Å². The van der Waals surface area contributed by atoms with Gasteiger partial charge in [-0.15, -0.1) is 5.10 Å². The number of morpholine rings is 1. The van der Waals surface area contributed by atoms with E-state index in [9.17, 15) is 5.26 Å². The van der Waals surface area contributed by atoms with Crippen LogP contribution < -0.4 is 14.8 Å². The van der Waals surface area contributed by atoms with Crippen molar-refractivity contribution in [3.63, 3.8) is 0 Å². The summed E-state index contributed by atoms with van der Waals surface area (Å²) in [5.41, 5.74) is 2.74. The molecule has 2 saturated heterocycles. The minimum absolute atomic E-state index is 0.245. The minimum atomic E-state index is -0.245. The van der Waals surface area contributed by atoms with Crippen LogP contribution in [0, 0.1) is 11.3 Å². The molecule has 1 aromatic carbocycles. The summed E-state index contributed by atoms with van der Waals surface area (Å²) in [4.78, 5) is 16.1. The molecule has 18 nitrogen and oxygen atoms in total. The maximum atomic E-state index is 9.76. The van der Waals surface area contributed by atoms with E-state index in [1.807, 2.05) is 25.3 Å². The van der Waals surface area contributed by atoms with Crippen LogP contribution in [0.1, 0.15) is 63.5 Å². The first-order valence-electron chi connectivity index (χ1n) is 21.6. The predicted octanol–water partition coefficient (Wildman–Crippen LogP) is 4.84. The average Bonchev–Trinajstić information content (AvgIpc) is 4.01. The van der Waals surface area contributed by atoms with Crippen molar-refractivity contribution in [1.29, 1.82) is 5.26 Å². The number of methoxy groups -OCH3 is 1. The molecule has 3 aliphatic rings. The standard InChI is InChI=1S/C43H60N10O8/c1-32(26-51-31-45-30-48-51)61-41-22-33(4-5-34(41)23-44)35-24-46-43(47-25-35)49-40-27-52(36-6-8-37(9-7-36)53-38-10-11-39(53)29-59-28-38)50-42(40)60-13-3-12-55-16-17-57-20-21-58-19-18-56-15-14-54-2/h4-5,22,24-25,27,30-32,36-39H,3,6-21,26,28-29H2,1-2H3,(H,46,47,49)/t32-,36?,37?,38-,39+/m0/s1. The van der Waals surface area contributed by atoms with Crippen molar-refractivity contribution in [3.8, 4) is 28.8 Å². The molecule has 330 valence electrons. The molecule has 61 heavy (non-hydrogen) atoms. The highest BCUT2D eigenvalue weighted by Crippen LogP contribution is 2.39. The van der Waals surface area contributed by atoms with E-state index in [-0.39, 0.29) is 12.1 Å². The molecular formula is C43H60N10O8. The van der Waals surface area contributed by atoms with E-state index in [1.165, 1.54) is 19.2 Å². The van der Waals surface area contributed by atoms with Crippen molar-refractivity contribution in [2.45, 2.75) is 88.7 Å². The maximum Gasteiger partial charge on any atom is 0.256 e. The van der Waals surface area contributed by atoms with Crippen LogP contribution >= 0.6 is 0 Å². The zero-order valence-corrected chi connectivity index (χ0v) is 35.4. The van der Waals surface area contributed by atoms with Crippen molar-refractivity contribution in [3.05, 3.63) is 55.0 Å². The lowest BCUT2D eigenvalue weighted by Crippen LogP contribution is -2.52. The highest BCUT2D eigenvalue weighted by Gasteiger charge is 2.42. The molecule has 1 aliphatic carbocycles. The molecule has 2 aliphatic heterocycles. The van der Waals surface area contributed by atoms with Crippen molar-refractivity contribution < 1.29 is 37.9 Å². The fourth-order valence-corrected chi connectivity index (χ4v) is 8.26. The molecule has 4 aromatic rings. The first-order valence-corrected chi connectivity index (χ1v) is 21.6. The molecule has 3 aromatic heterocycles. The summed E-state index contributed by atoms with van der Waals surface area (Å²) < 4.78 is 49.3. The molecule has 5 heterocycles.